The highest BCUT2D eigenvalue weighted by Crippen LogP contribution is 2.44. The van der Waals surface area contributed by atoms with E-state index in [9.17, 15) is 9.90 Å². The molecule has 1 heterocycles. The third-order valence-electron chi connectivity index (χ3n) is 3.03. The fourth-order valence-corrected chi connectivity index (χ4v) is 2.32. The molecule has 1 saturated heterocycles. The number of ether oxygens (including phenoxy) is 1. The smallest absolute Gasteiger partial charge is 0.410 e. The Hall–Kier alpha value is -1.19. The first-order valence-corrected chi connectivity index (χ1v) is 5.66. The molecule has 1 fully saturated rings. The van der Waals surface area contributed by atoms with Crippen molar-refractivity contribution in [2.24, 2.45) is 5.41 Å². The largest absolute Gasteiger partial charge is 0.513 e. The number of likely N-dealkylation sites (tertiary alicyclic amines) is 1. The summed E-state index contributed by atoms with van der Waals surface area (Å²) in [7, 11) is 0. The lowest BCUT2D eigenvalue weighted by Gasteiger charge is -2.47. The minimum Gasteiger partial charge on any atom is -0.513 e. The first-order valence-electron chi connectivity index (χ1n) is 5.66. The maximum Gasteiger partial charge on any atom is 0.410 e. The van der Waals surface area contributed by atoms with Crippen LogP contribution in [0, 0.1) is 5.41 Å². The molecular formula is C12H19NO3. The van der Waals surface area contributed by atoms with Crippen molar-refractivity contribution in [3.8, 4) is 0 Å². The van der Waals surface area contributed by atoms with Crippen molar-refractivity contribution in [2.45, 2.75) is 39.2 Å². The maximum atomic E-state index is 11.7. The highest BCUT2D eigenvalue weighted by Gasteiger charge is 2.48. The van der Waals surface area contributed by atoms with Gasteiger partial charge in [0.25, 0.3) is 0 Å². The monoisotopic (exact) mass is 225 g/mol. The van der Waals surface area contributed by atoms with E-state index in [1.54, 1.807) is 4.90 Å². The molecule has 1 aliphatic carbocycles. The molecule has 4 heteroatoms. The summed E-state index contributed by atoms with van der Waals surface area (Å²) in [6.07, 6.45) is 3.18. The second-order valence-corrected chi connectivity index (χ2v) is 5.91. The molecule has 1 amide bonds. The van der Waals surface area contributed by atoms with Crippen molar-refractivity contribution >= 4 is 6.09 Å². The Kier molecular flexibility index (Phi) is 2.40. The van der Waals surface area contributed by atoms with E-state index in [0.29, 0.717) is 25.3 Å². The summed E-state index contributed by atoms with van der Waals surface area (Å²) in [5.41, 5.74) is -0.336. The standard InChI is InChI=1S/C12H19NO3/c1-11(2,3)16-10(15)13-7-12(8-13)5-4-9(14)6-12/h4,14H,5-8H2,1-3H3. The summed E-state index contributed by atoms with van der Waals surface area (Å²) >= 11 is 0. The van der Waals surface area contributed by atoms with E-state index < -0.39 is 5.60 Å². The molecule has 0 atom stereocenters. The van der Waals surface area contributed by atoms with Crippen LogP contribution in [0.4, 0.5) is 4.79 Å². The number of rotatable bonds is 0. The van der Waals surface area contributed by atoms with Crippen molar-refractivity contribution < 1.29 is 14.6 Å². The first-order chi connectivity index (χ1) is 7.30. The topological polar surface area (TPSA) is 49.8 Å². The molecule has 0 saturated carbocycles. The normalized spacial score (nSPS) is 22.9. The van der Waals surface area contributed by atoms with Gasteiger partial charge >= 0.3 is 6.09 Å². The van der Waals surface area contributed by atoms with Crippen LogP contribution < -0.4 is 0 Å². The third kappa shape index (κ3) is 2.15. The molecule has 0 bridgehead atoms. The SMILES string of the molecule is CC(C)(C)OC(=O)N1CC2(CC=C(O)C2)C1. The zero-order chi connectivity index (χ0) is 12.0. The molecule has 0 radical (unpaired) electrons. The molecule has 90 valence electrons. The van der Waals surface area contributed by atoms with Crippen LogP contribution >= 0.6 is 0 Å². The quantitative estimate of drug-likeness (QED) is 0.689. The van der Waals surface area contributed by atoms with Crippen LogP contribution in [0.1, 0.15) is 33.6 Å². The lowest BCUT2D eigenvalue weighted by Crippen LogP contribution is -2.58. The molecule has 0 aromatic rings. The van der Waals surface area contributed by atoms with Crippen LogP contribution in [0.25, 0.3) is 0 Å². The Morgan fingerprint density at radius 1 is 1.50 bits per heavy atom. The molecule has 0 unspecified atom stereocenters. The molecule has 2 rings (SSSR count). The van der Waals surface area contributed by atoms with E-state index in [1.807, 2.05) is 26.8 Å². The number of aliphatic hydroxyl groups excluding tert-OH is 1. The average molecular weight is 225 g/mol. The summed E-state index contributed by atoms with van der Waals surface area (Å²) in [5, 5.41) is 9.37. The number of amides is 1. The van der Waals surface area contributed by atoms with E-state index in [-0.39, 0.29) is 11.5 Å². The number of hydrogen-bond acceptors (Lipinski definition) is 3. The maximum absolute atomic E-state index is 11.7. The number of allylic oxidation sites excluding steroid dienone is 2. The fraction of sp³-hybridized carbons (Fsp3) is 0.750. The van der Waals surface area contributed by atoms with E-state index in [2.05, 4.69) is 0 Å². The molecular weight excluding hydrogens is 206 g/mol. The second kappa shape index (κ2) is 3.40. The molecule has 1 aliphatic heterocycles. The van der Waals surface area contributed by atoms with Gasteiger partial charge in [0.2, 0.25) is 0 Å². The van der Waals surface area contributed by atoms with Gasteiger partial charge in [-0.25, -0.2) is 4.79 Å². The van der Waals surface area contributed by atoms with E-state index in [1.165, 1.54) is 0 Å². The van der Waals surface area contributed by atoms with Crippen molar-refractivity contribution in [3.05, 3.63) is 11.8 Å². The lowest BCUT2D eigenvalue weighted by atomic mass is 9.78. The zero-order valence-electron chi connectivity index (χ0n) is 10.1. The van der Waals surface area contributed by atoms with Crippen LogP contribution in [0.2, 0.25) is 0 Å². The number of carbonyl (C=O) groups excluding carboxylic acids is 1. The van der Waals surface area contributed by atoms with Crippen molar-refractivity contribution in [1.82, 2.24) is 4.90 Å². The Labute approximate surface area is 95.9 Å². The van der Waals surface area contributed by atoms with Crippen LogP contribution in [-0.2, 0) is 4.74 Å². The summed E-state index contributed by atoms with van der Waals surface area (Å²) in [6.45, 7) is 6.99. The van der Waals surface area contributed by atoms with Crippen molar-refractivity contribution in [1.29, 1.82) is 0 Å². The minimum atomic E-state index is -0.435. The summed E-state index contributed by atoms with van der Waals surface area (Å²) in [5.74, 6) is 0.462. The second-order valence-electron chi connectivity index (χ2n) is 5.91. The molecule has 0 aromatic heterocycles. The van der Waals surface area contributed by atoms with Gasteiger partial charge in [-0.05, 0) is 33.3 Å². The van der Waals surface area contributed by atoms with Gasteiger partial charge in [-0.3, -0.25) is 0 Å². The predicted octanol–water partition coefficient (Wildman–Crippen LogP) is 2.46. The number of carbonyl (C=O) groups is 1. The minimum absolute atomic E-state index is 0.0982. The van der Waals surface area contributed by atoms with Gasteiger partial charge in [0.1, 0.15) is 5.60 Å². The van der Waals surface area contributed by atoms with Crippen LogP contribution in [0.5, 0.6) is 0 Å². The molecule has 1 spiro atoms. The van der Waals surface area contributed by atoms with E-state index in [0.717, 1.165) is 6.42 Å². The summed E-state index contributed by atoms with van der Waals surface area (Å²) in [6, 6.07) is 0. The molecule has 4 nitrogen and oxygen atoms in total. The highest BCUT2D eigenvalue weighted by molar-refractivity contribution is 5.69. The van der Waals surface area contributed by atoms with Gasteiger partial charge in [-0.2, -0.15) is 0 Å². The average Bonchev–Trinajstić information content (AvgIpc) is 2.41. The van der Waals surface area contributed by atoms with Gasteiger partial charge in [-0.15, -0.1) is 0 Å². The van der Waals surface area contributed by atoms with E-state index in [4.69, 9.17) is 4.74 Å². The summed E-state index contributed by atoms with van der Waals surface area (Å²) < 4.78 is 5.28. The molecule has 16 heavy (non-hydrogen) atoms. The van der Waals surface area contributed by atoms with Crippen LogP contribution in [0.15, 0.2) is 11.8 Å². The van der Waals surface area contributed by atoms with Crippen LogP contribution in [-0.4, -0.2) is 34.8 Å². The Bertz CT molecular complexity index is 335. The summed E-state index contributed by atoms with van der Waals surface area (Å²) in [4.78, 5) is 13.4. The van der Waals surface area contributed by atoms with Gasteiger partial charge in [-0.1, -0.05) is 0 Å². The predicted molar refractivity (Wildman–Crippen MR) is 60.2 cm³/mol. The van der Waals surface area contributed by atoms with Crippen molar-refractivity contribution in [2.75, 3.05) is 13.1 Å². The fourth-order valence-electron chi connectivity index (χ4n) is 2.32. The number of hydrogen-bond donors (Lipinski definition) is 1. The molecule has 1 N–H and O–H groups in total. The van der Waals surface area contributed by atoms with Crippen LogP contribution in [0.3, 0.4) is 0 Å². The van der Waals surface area contributed by atoms with Gasteiger partial charge in [0.05, 0.1) is 5.76 Å². The molecule has 2 aliphatic rings. The lowest BCUT2D eigenvalue weighted by molar-refractivity contribution is -0.0321. The zero-order valence-corrected chi connectivity index (χ0v) is 10.1. The number of nitrogens with zero attached hydrogens (tertiary/aromatic N) is 1. The van der Waals surface area contributed by atoms with Crippen molar-refractivity contribution in [3.63, 3.8) is 0 Å². The Morgan fingerprint density at radius 3 is 2.56 bits per heavy atom. The molecule has 0 aromatic carbocycles. The first kappa shape index (κ1) is 11.3. The van der Waals surface area contributed by atoms with Gasteiger partial charge < -0.3 is 14.7 Å². The number of aliphatic hydroxyl groups is 1. The Balaban J connectivity index is 1.83. The van der Waals surface area contributed by atoms with Gasteiger partial charge in [0, 0.05) is 24.9 Å². The third-order valence-corrected chi connectivity index (χ3v) is 3.03. The highest BCUT2D eigenvalue weighted by atomic mass is 16.6. The van der Waals surface area contributed by atoms with E-state index >= 15 is 0 Å². The Morgan fingerprint density at radius 2 is 2.12 bits per heavy atom. The van der Waals surface area contributed by atoms with Gasteiger partial charge in [0.15, 0.2) is 0 Å².